The molecule has 0 radical (unpaired) electrons. The molecule has 1 unspecified atom stereocenters. The first kappa shape index (κ1) is 18.4. The summed E-state index contributed by atoms with van der Waals surface area (Å²) in [6.45, 7) is 5.09. The third kappa shape index (κ3) is 3.74. The van der Waals surface area contributed by atoms with Crippen LogP contribution < -0.4 is 5.14 Å². The Morgan fingerprint density at radius 2 is 1.92 bits per heavy atom. The van der Waals surface area contributed by atoms with Gasteiger partial charge >= 0.3 is 5.97 Å². The Morgan fingerprint density at radius 1 is 1.29 bits per heavy atom. The topological polar surface area (TPSA) is 127 Å². The number of carboxylic acid groups (broad SMARTS) is 1. The van der Waals surface area contributed by atoms with E-state index in [4.69, 9.17) is 15.0 Å². The summed E-state index contributed by atoms with van der Waals surface area (Å²) in [6, 6.07) is 2.80. The number of aliphatic carboxylic acids is 1. The Hall–Kier alpha value is -1.97. The SMILES string of the molecule is Cc1cc(C(=O)N2CC(C(=O)O)O[C@H](C)C2)cc(S(N)(=O)=O)c1C. The smallest absolute Gasteiger partial charge is 0.334 e. The molecule has 1 aromatic rings. The maximum Gasteiger partial charge on any atom is 0.334 e. The number of benzene rings is 1. The maximum atomic E-state index is 12.7. The van der Waals surface area contributed by atoms with E-state index in [2.05, 4.69) is 0 Å². The fourth-order valence-electron chi connectivity index (χ4n) is 2.68. The van der Waals surface area contributed by atoms with Gasteiger partial charge in [0.15, 0.2) is 6.10 Å². The van der Waals surface area contributed by atoms with Crippen molar-refractivity contribution in [2.75, 3.05) is 13.1 Å². The van der Waals surface area contributed by atoms with E-state index in [1.807, 2.05) is 0 Å². The standard InChI is InChI=1S/C15H20N2O6S/c1-8-4-11(5-13(10(8)3)24(16,21)22)14(18)17-6-9(2)23-12(7-17)15(19)20/h4-5,9,12H,6-7H2,1-3H3,(H,19,20)(H2,16,21,22)/t9-,12?/m1/s1. The number of nitrogens with zero attached hydrogens (tertiary/aromatic N) is 1. The first-order valence-corrected chi connectivity index (χ1v) is 8.87. The van der Waals surface area contributed by atoms with Crippen LogP contribution in [0.5, 0.6) is 0 Å². The highest BCUT2D eigenvalue weighted by atomic mass is 32.2. The lowest BCUT2D eigenvalue weighted by Gasteiger charge is -2.35. The second-order valence-electron chi connectivity index (χ2n) is 5.95. The molecular formula is C15H20N2O6S. The van der Waals surface area contributed by atoms with E-state index in [0.717, 1.165) is 0 Å². The fraction of sp³-hybridized carbons (Fsp3) is 0.467. The Kier molecular flexibility index (Phi) is 4.97. The van der Waals surface area contributed by atoms with Crippen LogP contribution in [0.2, 0.25) is 0 Å². The third-order valence-electron chi connectivity index (χ3n) is 4.00. The number of amides is 1. The Bertz CT molecular complexity index is 789. The van der Waals surface area contributed by atoms with E-state index in [1.54, 1.807) is 26.8 Å². The second kappa shape index (κ2) is 6.50. The minimum Gasteiger partial charge on any atom is -0.479 e. The number of carbonyl (C=O) groups excluding carboxylic acids is 1. The lowest BCUT2D eigenvalue weighted by Crippen LogP contribution is -2.51. The van der Waals surface area contributed by atoms with E-state index in [9.17, 15) is 18.0 Å². The number of nitrogens with two attached hydrogens (primary N) is 1. The number of morpholine rings is 1. The predicted molar refractivity (Wildman–Crippen MR) is 85.2 cm³/mol. The highest BCUT2D eigenvalue weighted by molar-refractivity contribution is 7.89. The van der Waals surface area contributed by atoms with Crippen molar-refractivity contribution in [3.8, 4) is 0 Å². The molecule has 1 saturated heterocycles. The largest absolute Gasteiger partial charge is 0.479 e. The molecule has 0 aromatic heterocycles. The van der Waals surface area contributed by atoms with Gasteiger partial charge in [0.05, 0.1) is 17.5 Å². The number of ether oxygens (including phenoxy) is 1. The van der Waals surface area contributed by atoms with Gasteiger partial charge in [-0.05, 0) is 44.0 Å². The third-order valence-corrected chi connectivity index (χ3v) is 5.03. The molecule has 1 aliphatic heterocycles. The van der Waals surface area contributed by atoms with E-state index in [1.165, 1.54) is 11.0 Å². The zero-order valence-electron chi connectivity index (χ0n) is 13.6. The summed E-state index contributed by atoms with van der Waals surface area (Å²) in [6.07, 6.45) is -1.55. The van der Waals surface area contributed by atoms with Crippen molar-refractivity contribution in [1.29, 1.82) is 0 Å². The number of rotatable bonds is 3. The Labute approximate surface area is 140 Å². The van der Waals surface area contributed by atoms with Crippen molar-refractivity contribution in [2.45, 2.75) is 37.9 Å². The first-order chi connectivity index (χ1) is 11.0. The van der Waals surface area contributed by atoms with Gasteiger partial charge in [0, 0.05) is 12.1 Å². The van der Waals surface area contributed by atoms with Gasteiger partial charge < -0.3 is 14.7 Å². The molecule has 2 atom stereocenters. The van der Waals surface area contributed by atoms with Crippen molar-refractivity contribution < 1.29 is 27.9 Å². The number of aryl methyl sites for hydroxylation is 1. The fourth-order valence-corrected chi connectivity index (χ4v) is 3.56. The zero-order chi connectivity index (χ0) is 18.2. The molecule has 0 bridgehead atoms. The molecule has 3 N–H and O–H groups in total. The average Bonchev–Trinajstić information content (AvgIpc) is 2.47. The van der Waals surface area contributed by atoms with Crippen LogP contribution in [0.1, 0.15) is 28.4 Å². The van der Waals surface area contributed by atoms with Crippen molar-refractivity contribution in [3.63, 3.8) is 0 Å². The molecule has 1 fully saturated rings. The molecule has 0 aliphatic carbocycles. The molecule has 1 aromatic carbocycles. The summed E-state index contributed by atoms with van der Waals surface area (Å²) in [7, 11) is -3.97. The van der Waals surface area contributed by atoms with Gasteiger partial charge in [0.1, 0.15) is 0 Å². The minimum absolute atomic E-state index is 0.101. The van der Waals surface area contributed by atoms with Crippen LogP contribution >= 0.6 is 0 Å². The maximum absolute atomic E-state index is 12.7. The highest BCUT2D eigenvalue weighted by Crippen LogP contribution is 2.22. The van der Waals surface area contributed by atoms with E-state index >= 15 is 0 Å². The molecule has 8 nitrogen and oxygen atoms in total. The predicted octanol–water partition coefficient (Wildman–Crippen LogP) is 0.265. The molecule has 1 aliphatic rings. The summed E-state index contributed by atoms with van der Waals surface area (Å²) in [4.78, 5) is 25.1. The van der Waals surface area contributed by atoms with Crippen molar-refractivity contribution in [1.82, 2.24) is 4.90 Å². The van der Waals surface area contributed by atoms with Crippen LogP contribution in [-0.2, 0) is 19.6 Å². The van der Waals surface area contributed by atoms with Crippen LogP contribution in [0.15, 0.2) is 17.0 Å². The lowest BCUT2D eigenvalue weighted by molar-refractivity contribution is -0.160. The summed E-state index contributed by atoms with van der Waals surface area (Å²) in [5.74, 6) is -1.60. The van der Waals surface area contributed by atoms with Gasteiger partial charge in [-0.3, -0.25) is 4.79 Å². The zero-order valence-corrected chi connectivity index (χ0v) is 14.5. The Balaban J connectivity index is 2.39. The molecule has 1 heterocycles. The number of carbonyl (C=O) groups is 2. The molecule has 24 heavy (non-hydrogen) atoms. The Morgan fingerprint density at radius 3 is 2.46 bits per heavy atom. The number of hydrogen-bond donors (Lipinski definition) is 2. The molecule has 9 heteroatoms. The van der Waals surface area contributed by atoms with Crippen molar-refractivity contribution in [3.05, 3.63) is 28.8 Å². The average molecular weight is 356 g/mol. The van der Waals surface area contributed by atoms with Crippen LogP contribution in [0.3, 0.4) is 0 Å². The van der Waals surface area contributed by atoms with Crippen molar-refractivity contribution in [2.24, 2.45) is 5.14 Å². The first-order valence-electron chi connectivity index (χ1n) is 7.32. The van der Waals surface area contributed by atoms with Gasteiger partial charge in [0.2, 0.25) is 10.0 Å². The molecule has 0 spiro atoms. The van der Waals surface area contributed by atoms with Crippen LogP contribution in [-0.4, -0.2) is 55.6 Å². The molecule has 0 saturated carbocycles. The number of sulfonamides is 1. The number of carboxylic acids is 1. The summed E-state index contributed by atoms with van der Waals surface area (Å²) >= 11 is 0. The summed E-state index contributed by atoms with van der Waals surface area (Å²) in [5.41, 5.74) is 1.24. The highest BCUT2D eigenvalue weighted by Gasteiger charge is 2.33. The van der Waals surface area contributed by atoms with E-state index < -0.39 is 34.1 Å². The number of hydrogen-bond acceptors (Lipinski definition) is 5. The molecule has 1 amide bonds. The van der Waals surface area contributed by atoms with Crippen molar-refractivity contribution >= 4 is 21.9 Å². The monoisotopic (exact) mass is 356 g/mol. The quantitative estimate of drug-likeness (QED) is 0.800. The normalized spacial score (nSPS) is 21.6. The van der Waals surface area contributed by atoms with Crippen LogP contribution in [0.4, 0.5) is 0 Å². The second-order valence-corrected chi connectivity index (χ2v) is 7.47. The minimum atomic E-state index is -3.97. The van der Waals surface area contributed by atoms with Gasteiger partial charge in [-0.25, -0.2) is 18.4 Å². The van der Waals surface area contributed by atoms with Gasteiger partial charge in [-0.1, -0.05) is 0 Å². The van der Waals surface area contributed by atoms with E-state index in [0.29, 0.717) is 11.1 Å². The molecule has 132 valence electrons. The summed E-state index contributed by atoms with van der Waals surface area (Å²) < 4.78 is 28.7. The van der Waals surface area contributed by atoms with E-state index in [-0.39, 0.29) is 23.5 Å². The molecule has 2 rings (SSSR count). The van der Waals surface area contributed by atoms with Crippen LogP contribution in [0, 0.1) is 13.8 Å². The molecular weight excluding hydrogens is 336 g/mol. The van der Waals surface area contributed by atoms with Crippen LogP contribution in [0.25, 0.3) is 0 Å². The lowest BCUT2D eigenvalue weighted by atomic mass is 10.0. The van der Waals surface area contributed by atoms with Gasteiger partial charge in [-0.15, -0.1) is 0 Å². The summed E-state index contributed by atoms with van der Waals surface area (Å²) in [5, 5.41) is 14.3. The van der Waals surface area contributed by atoms with Gasteiger partial charge in [-0.2, -0.15) is 0 Å². The van der Waals surface area contributed by atoms with Gasteiger partial charge in [0.25, 0.3) is 5.91 Å². The number of primary sulfonamides is 1.